The van der Waals surface area contributed by atoms with Crippen LogP contribution in [0.25, 0.3) is 0 Å². The summed E-state index contributed by atoms with van der Waals surface area (Å²) in [6.45, 7) is 3.59. The van der Waals surface area contributed by atoms with Gasteiger partial charge in [-0.1, -0.05) is 6.92 Å². The first-order chi connectivity index (χ1) is 7.52. The molecule has 1 rings (SSSR count). The molecule has 0 bridgehead atoms. The number of carboxylic acid groups (broad SMARTS) is 1. The number of aromatic carboxylic acids is 1. The summed E-state index contributed by atoms with van der Waals surface area (Å²) in [5.41, 5.74) is 0.604. The molecule has 0 saturated carbocycles. The summed E-state index contributed by atoms with van der Waals surface area (Å²) in [5, 5.41) is 18.2. The summed E-state index contributed by atoms with van der Waals surface area (Å²) in [7, 11) is 0. The number of hydrogen-bond acceptors (Lipinski definition) is 5. The van der Waals surface area contributed by atoms with Gasteiger partial charge in [0.2, 0.25) is 0 Å². The number of carboxylic acids is 1. The van der Waals surface area contributed by atoms with Gasteiger partial charge in [-0.2, -0.15) is 0 Å². The lowest BCUT2D eigenvalue weighted by Crippen LogP contribution is -2.16. The van der Waals surface area contributed by atoms with Crippen molar-refractivity contribution in [3.63, 3.8) is 0 Å². The molecule has 0 spiro atoms. The second-order valence-corrected chi connectivity index (χ2v) is 4.81. The molecule has 1 aromatic rings. The average Bonchev–Trinajstić information content (AvgIpc) is 2.25. The summed E-state index contributed by atoms with van der Waals surface area (Å²) in [4.78, 5) is 18.5. The summed E-state index contributed by atoms with van der Waals surface area (Å²) >= 11 is 1.47. The van der Waals surface area contributed by atoms with E-state index < -0.39 is 12.1 Å². The van der Waals surface area contributed by atoms with Crippen molar-refractivity contribution in [2.75, 3.05) is 0 Å². The van der Waals surface area contributed by atoms with Crippen molar-refractivity contribution in [2.45, 2.75) is 31.0 Å². The molecule has 0 fully saturated rings. The predicted molar refractivity (Wildman–Crippen MR) is 61.4 cm³/mol. The molecule has 2 unspecified atom stereocenters. The molecule has 6 heteroatoms. The molecule has 0 aliphatic carbocycles. The molecule has 1 aromatic heterocycles. The topological polar surface area (TPSA) is 83.3 Å². The summed E-state index contributed by atoms with van der Waals surface area (Å²) in [6.07, 6.45) is 2.19. The Balaban J connectivity index is 2.70. The van der Waals surface area contributed by atoms with Crippen molar-refractivity contribution in [1.29, 1.82) is 0 Å². The summed E-state index contributed by atoms with van der Waals surface area (Å²) in [5.74, 6) is -0.572. The van der Waals surface area contributed by atoms with Crippen LogP contribution in [-0.4, -0.2) is 37.5 Å². The smallest absolute Gasteiger partial charge is 0.339 e. The van der Waals surface area contributed by atoms with E-state index in [4.69, 9.17) is 5.11 Å². The number of aliphatic hydroxyl groups excluding tert-OH is 1. The highest BCUT2D eigenvalue weighted by Gasteiger charge is 2.14. The number of thioether (sulfide) groups is 1. The van der Waals surface area contributed by atoms with Crippen LogP contribution in [0.15, 0.2) is 12.5 Å². The Morgan fingerprint density at radius 2 is 2.25 bits per heavy atom. The number of aromatic nitrogens is 2. The minimum absolute atomic E-state index is 0.0385. The van der Waals surface area contributed by atoms with Gasteiger partial charge in [0.25, 0.3) is 0 Å². The monoisotopic (exact) mass is 242 g/mol. The largest absolute Gasteiger partial charge is 0.478 e. The van der Waals surface area contributed by atoms with Gasteiger partial charge >= 0.3 is 5.97 Å². The van der Waals surface area contributed by atoms with E-state index in [0.717, 1.165) is 0 Å². The molecule has 0 amide bonds. The molecule has 0 radical (unpaired) electrons. The first-order valence-electron chi connectivity index (χ1n) is 4.84. The lowest BCUT2D eigenvalue weighted by molar-refractivity contribution is 0.0695. The lowest BCUT2D eigenvalue weighted by Gasteiger charge is -2.13. The molecule has 1 heterocycles. The van der Waals surface area contributed by atoms with Gasteiger partial charge in [0.05, 0.1) is 11.8 Å². The summed E-state index contributed by atoms with van der Waals surface area (Å²) in [6, 6.07) is 0. The van der Waals surface area contributed by atoms with Crippen molar-refractivity contribution in [1.82, 2.24) is 9.97 Å². The van der Waals surface area contributed by atoms with Crippen LogP contribution in [0.1, 0.15) is 29.9 Å². The minimum Gasteiger partial charge on any atom is -0.478 e. The highest BCUT2D eigenvalue weighted by molar-refractivity contribution is 7.99. The Morgan fingerprint density at radius 3 is 2.81 bits per heavy atom. The van der Waals surface area contributed by atoms with E-state index >= 15 is 0 Å². The van der Waals surface area contributed by atoms with Crippen molar-refractivity contribution in [2.24, 2.45) is 0 Å². The van der Waals surface area contributed by atoms with E-state index in [1.54, 1.807) is 6.92 Å². The Labute approximate surface area is 97.9 Å². The van der Waals surface area contributed by atoms with Crippen LogP contribution in [0.3, 0.4) is 0 Å². The third kappa shape index (κ3) is 3.46. The van der Waals surface area contributed by atoms with Gasteiger partial charge in [-0.3, -0.25) is 0 Å². The van der Waals surface area contributed by atoms with E-state index in [9.17, 15) is 9.90 Å². The van der Waals surface area contributed by atoms with Gasteiger partial charge in [0.1, 0.15) is 11.9 Å². The summed E-state index contributed by atoms with van der Waals surface area (Å²) < 4.78 is 0. The quantitative estimate of drug-likeness (QED) is 0.806. The standard InChI is InChI=1S/C10H14N2O3S/c1-6(13)7(2)16-4-9-8(10(14)15)3-11-5-12-9/h3,5-7,13H,4H2,1-2H3,(H,14,15). The molecule has 0 aromatic carbocycles. The van der Waals surface area contributed by atoms with Crippen LogP contribution in [0.4, 0.5) is 0 Å². The second kappa shape index (κ2) is 5.81. The zero-order valence-corrected chi connectivity index (χ0v) is 9.94. The van der Waals surface area contributed by atoms with Gasteiger partial charge in [-0.05, 0) is 6.92 Å². The molecule has 2 N–H and O–H groups in total. The number of hydrogen-bond donors (Lipinski definition) is 2. The zero-order valence-electron chi connectivity index (χ0n) is 9.12. The fraction of sp³-hybridized carbons (Fsp3) is 0.500. The van der Waals surface area contributed by atoms with Crippen LogP contribution < -0.4 is 0 Å². The van der Waals surface area contributed by atoms with Crippen LogP contribution in [-0.2, 0) is 5.75 Å². The lowest BCUT2D eigenvalue weighted by atomic mass is 10.2. The normalized spacial score (nSPS) is 14.4. The molecule has 0 saturated heterocycles. The van der Waals surface area contributed by atoms with E-state index in [1.165, 1.54) is 24.3 Å². The number of rotatable bonds is 5. The number of carbonyl (C=O) groups is 1. The van der Waals surface area contributed by atoms with E-state index in [1.807, 2.05) is 6.92 Å². The molecule has 88 valence electrons. The van der Waals surface area contributed by atoms with Gasteiger partial charge in [0.15, 0.2) is 0 Å². The van der Waals surface area contributed by atoms with Crippen molar-refractivity contribution in [3.8, 4) is 0 Å². The fourth-order valence-corrected chi connectivity index (χ4v) is 1.93. The van der Waals surface area contributed by atoms with Crippen molar-refractivity contribution in [3.05, 3.63) is 23.8 Å². The van der Waals surface area contributed by atoms with Crippen LogP contribution in [0, 0.1) is 0 Å². The molecule has 5 nitrogen and oxygen atoms in total. The van der Waals surface area contributed by atoms with Crippen LogP contribution in [0.5, 0.6) is 0 Å². The first kappa shape index (κ1) is 12.9. The molecular formula is C10H14N2O3S. The van der Waals surface area contributed by atoms with Crippen molar-refractivity contribution < 1.29 is 15.0 Å². The van der Waals surface area contributed by atoms with Crippen LogP contribution >= 0.6 is 11.8 Å². The third-order valence-corrected chi connectivity index (χ3v) is 3.55. The van der Waals surface area contributed by atoms with E-state index in [2.05, 4.69) is 9.97 Å². The third-order valence-electron chi connectivity index (χ3n) is 2.19. The Morgan fingerprint density at radius 1 is 1.56 bits per heavy atom. The molecule has 0 aliphatic rings. The number of aliphatic hydroxyl groups is 1. The molecule has 2 atom stereocenters. The minimum atomic E-state index is -1.03. The van der Waals surface area contributed by atoms with Gasteiger partial charge in [0, 0.05) is 17.2 Å². The highest BCUT2D eigenvalue weighted by atomic mass is 32.2. The zero-order chi connectivity index (χ0) is 12.1. The van der Waals surface area contributed by atoms with Gasteiger partial charge in [-0.25, -0.2) is 14.8 Å². The van der Waals surface area contributed by atoms with E-state index in [-0.39, 0.29) is 10.8 Å². The number of nitrogens with zero attached hydrogens (tertiary/aromatic N) is 2. The maximum atomic E-state index is 10.9. The van der Waals surface area contributed by atoms with E-state index in [0.29, 0.717) is 11.4 Å². The Bertz CT molecular complexity index is 371. The van der Waals surface area contributed by atoms with Crippen LogP contribution in [0.2, 0.25) is 0 Å². The maximum Gasteiger partial charge on any atom is 0.339 e. The Hall–Kier alpha value is -1.14. The second-order valence-electron chi connectivity index (χ2n) is 3.44. The predicted octanol–water partition coefficient (Wildman–Crippen LogP) is 1.18. The SMILES string of the molecule is CC(O)C(C)SCc1ncncc1C(=O)O. The molecular weight excluding hydrogens is 228 g/mol. The average molecular weight is 242 g/mol. The van der Waals surface area contributed by atoms with Gasteiger partial charge < -0.3 is 10.2 Å². The fourth-order valence-electron chi connectivity index (χ4n) is 0.998. The Kier molecular flexibility index (Phi) is 4.70. The molecule has 16 heavy (non-hydrogen) atoms. The first-order valence-corrected chi connectivity index (χ1v) is 5.89. The maximum absolute atomic E-state index is 10.9. The molecule has 0 aliphatic heterocycles. The van der Waals surface area contributed by atoms with Gasteiger partial charge in [-0.15, -0.1) is 11.8 Å². The highest BCUT2D eigenvalue weighted by Crippen LogP contribution is 2.20. The van der Waals surface area contributed by atoms with Crippen molar-refractivity contribution >= 4 is 17.7 Å².